The van der Waals surface area contributed by atoms with E-state index in [0.29, 0.717) is 17.2 Å². The molecule has 0 radical (unpaired) electrons. The Morgan fingerprint density at radius 3 is 2.62 bits per heavy atom. The Bertz CT molecular complexity index is 283. The van der Waals surface area contributed by atoms with Crippen LogP contribution in [0.3, 0.4) is 0 Å². The number of hydrogen-bond donors (Lipinski definition) is 1. The third kappa shape index (κ3) is 1.86. The first kappa shape index (κ1) is 10.9. The Labute approximate surface area is 101 Å². The number of piperidine rings is 1. The van der Waals surface area contributed by atoms with Crippen molar-refractivity contribution in [1.82, 2.24) is 10.2 Å². The van der Waals surface area contributed by atoms with Gasteiger partial charge in [0.05, 0.1) is 0 Å². The number of hydrogen-bond acceptors (Lipinski definition) is 3. The molecule has 1 saturated carbocycles. The van der Waals surface area contributed by atoms with E-state index >= 15 is 0 Å². The summed E-state index contributed by atoms with van der Waals surface area (Å²) in [6.07, 6.45) is 3.59. The summed E-state index contributed by atoms with van der Waals surface area (Å²) < 4.78 is 0. The fraction of sp³-hybridized carbons (Fsp3) is 0.917. The zero-order valence-electron chi connectivity index (χ0n) is 9.71. The van der Waals surface area contributed by atoms with E-state index in [1.165, 1.54) is 12.8 Å². The van der Waals surface area contributed by atoms with Gasteiger partial charge in [0.25, 0.3) is 0 Å². The minimum Gasteiger partial charge on any atom is -0.341 e. The van der Waals surface area contributed by atoms with Crippen molar-refractivity contribution in [2.75, 3.05) is 37.7 Å². The van der Waals surface area contributed by atoms with E-state index in [1.807, 2.05) is 11.8 Å². The molecule has 0 aromatic rings. The van der Waals surface area contributed by atoms with Gasteiger partial charge in [0.1, 0.15) is 0 Å². The molecule has 3 rings (SSSR count). The molecular weight excluding hydrogens is 220 g/mol. The van der Waals surface area contributed by atoms with Gasteiger partial charge >= 0.3 is 0 Å². The Morgan fingerprint density at radius 2 is 1.94 bits per heavy atom. The molecule has 3 nitrogen and oxygen atoms in total. The van der Waals surface area contributed by atoms with Gasteiger partial charge in [0.2, 0.25) is 5.91 Å². The monoisotopic (exact) mass is 240 g/mol. The zero-order chi connectivity index (χ0) is 11.0. The summed E-state index contributed by atoms with van der Waals surface area (Å²) in [7, 11) is 0. The van der Waals surface area contributed by atoms with Crippen molar-refractivity contribution >= 4 is 17.7 Å². The summed E-state index contributed by atoms with van der Waals surface area (Å²) in [4.78, 5) is 14.4. The van der Waals surface area contributed by atoms with Crippen molar-refractivity contribution in [2.24, 2.45) is 11.3 Å². The molecule has 3 fully saturated rings. The summed E-state index contributed by atoms with van der Waals surface area (Å²) in [6.45, 7) is 4.18. The molecule has 2 saturated heterocycles. The summed E-state index contributed by atoms with van der Waals surface area (Å²) in [5.74, 6) is 3.10. The van der Waals surface area contributed by atoms with Crippen LogP contribution in [0.5, 0.6) is 0 Å². The molecule has 1 spiro atoms. The standard InChI is InChI=1S/C12H20N2OS/c15-11(14-5-7-16-8-6-14)10-9-12(10)1-3-13-4-2-12/h10,13H,1-9H2. The van der Waals surface area contributed by atoms with Gasteiger partial charge < -0.3 is 10.2 Å². The molecule has 0 aromatic heterocycles. The van der Waals surface area contributed by atoms with Gasteiger partial charge in [-0.15, -0.1) is 0 Å². The first-order valence-electron chi connectivity index (χ1n) is 6.39. The highest BCUT2D eigenvalue weighted by molar-refractivity contribution is 7.99. The lowest BCUT2D eigenvalue weighted by Gasteiger charge is -2.29. The van der Waals surface area contributed by atoms with Crippen LogP contribution in [-0.2, 0) is 4.79 Å². The fourth-order valence-electron chi connectivity index (χ4n) is 3.18. The molecular formula is C12H20N2OS. The molecule has 1 aliphatic carbocycles. The molecule has 0 bridgehead atoms. The molecule has 1 N–H and O–H groups in total. The number of nitrogens with one attached hydrogen (secondary N) is 1. The van der Waals surface area contributed by atoms with Crippen molar-refractivity contribution < 1.29 is 4.79 Å². The first-order chi connectivity index (χ1) is 7.82. The van der Waals surface area contributed by atoms with E-state index in [4.69, 9.17) is 0 Å². The highest BCUT2D eigenvalue weighted by atomic mass is 32.2. The van der Waals surface area contributed by atoms with Crippen LogP contribution in [0.4, 0.5) is 0 Å². The van der Waals surface area contributed by atoms with Crippen molar-refractivity contribution in [1.29, 1.82) is 0 Å². The Hall–Kier alpha value is -0.220. The van der Waals surface area contributed by atoms with Crippen LogP contribution in [-0.4, -0.2) is 48.5 Å². The number of nitrogens with zero attached hydrogens (tertiary/aromatic N) is 1. The highest BCUT2D eigenvalue weighted by Crippen LogP contribution is 2.59. The third-order valence-corrected chi connectivity index (χ3v) is 5.35. The van der Waals surface area contributed by atoms with Crippen molar-refractivity contribution in [3.05, 3.63) is 0 Å². The van der Waals surface area contributed by atoms with Gasteiger partial charge in [-0.3, -0.25) is 4.79 Å². The maximum Gasteiger partial charge on any atom is 0.226 e. The average molecular weight is 240 g/mol. The van der Waals surface area contributed by atoms with Gasteiger partial charge in [-0.05, 0) is 37.8 Å². The van der Waals surface area contributed by atoms with Gasteiger partial charge in [-0.2, -0.15) is 11.8 Å². The summed E-state index contributed by atoms with van der Waals surface area (Å²) in [5.41, 5.74) is 0.410. The van der Waals surface area contributed by atoms with Gasteiger partial charge in [-0.25, -0.2) is 0 Å². The third-order valence-electron chi connectivity index (χ3n) is 4.41. The Balaban J connectivity index is 1.60. The van der Waals surface area contributed by atoms with E-state index in [0.717, 1.165) is 44.1 Å². The zero-order valence-corrected chi connectivity index (χ0v) is 10.5. The minimum absolute atomic E-state index is 0.373. The lowest BCUT2D eigenvalue weighted by Crippen LogP contribution is -2.40. The molecule has 0 aromatic carbocycles. The summed E-state index contributed by atoms with van der Waals surface area (Å²) in [5, 5.41) is 3.39. The van der Waals surface area contributed by atoms with Crippen LogP contribution in [0.15, 0.2) is 0 Å². The Morgan fingerprint density at radius 1 is 1.25 bits per heavy atom. The van der Waals surface area contributed by atoms with Crippen molar-refractivity contribution in [2.45, 2.75) is 19.3 Å². The number of thioether (sulfide) groups is 1. The summed E-state index contributed by atoms with van der Waals surface area (Å²) in [6, 6.07) is 0. The van der Waals surface area contributed by atoms with Crippen LogP contribution < -0.4 is 5.32 Å². The molecule has 2 heterocycles. The molecule has 1 amide bonds. The van der Waals surface area contributed by atoms with E-state index < -0.39 is 0 Å². The summed E-state index contributed by atoms with van der Waals surface area (Å²) >= 11 is 1.97. The van der Waals surface area contributed by atoms with Gasteiger partial charge in [0, 0.05) is 30.5 Å². The van der Waals surface area contributed by atoms with Gasteiger partial charge in [0.15, 0.2) is 0 Å². The molecule has 2 aliphatic heterocycles. The van der Waals surface area contributed by atoms with E-state index in [9.17, 15) is 4.79 Å². The van der Waals surface area contributed by atoms with Crippen molar-refractivity contribution in [3.63, 3.8) is 0 Å². The minimum atomic E-state index is 0.373. The predicted octanol–water partition coefficient (Wildman–Crippen LogP) is 0.951. The number of amides is 1. The van der Waals surface area contributed by atoms with E-state index in [2.05, 4.69) is 10.2 Å². The number of carbonyl (C=O) groups is 1. The average Bonchev–Trinajstić information content (AvgIpc) is 3.04. The van der Waals surface area contributed by atoms with Crippen LogP contribution >= 0.6 is 11.8 Å². The molecule has 90 valence electrons. The predicted molar refractivity (Wildman–Crippen MR) is 66.5 cm³/mol. The highest BCUT2D eigenvalue weighted by Gasteiger charge is 2.58. The smallest absolute Gasteiger partial charge is 0.226 e. The normalized spacial score (nSPS) is 32.8. The second kappa shape index (κ2) is 4.22. The first-order valence-corrected chi connectivity index (χ1v) is 7.55. The largest absolute Gasteiger partial charge is 0.341 e. The maximum absolute atomic E-state index is 12.3. The van der Waals surface area contributed by atoms with Crippen LogP contribution in [0, 0.1) is 11.3 Å². The number of carbonyl (C=O) groups excluding carboxylic acids is 1. The van der Waals surface area contributed by atoms with E-state index in [1.54, 1.807) is 0 Å². The van der Waals surface area contributed by atoms with Crippen LogP contribution in [0.1, 0.15) is 19.3 Å². The van der Waals surface area contributed by atoms with Crippen LogP contribution in [0.25, 0.3) is 0 Å². The maximum atomic E-state index is 12.3. The second-order valence-electron chi connectivity index (χ2n) is 5.31. The molecule has 3 aliphatic rings. The van der Waals surface area contributed by atoms with E-state index in [-0.39, 0.29) is 0 Å². The van der Waals surface area contributed by atoms with Crippen molar-refractivity contribution in [3.8, 4) is 0 Å². The topological polar surface area (TPSA) is 32.3 Å². The SMILES string of the molecule is O=C(C1CC12CCNCC2)N1CCSCC1. The lowest BCUT2D eigenvalue weighted by atomic mass is 9.91. The second-order valence-corrected chi connectivity index (χ2v) is 6.53. The number of rotatable bonds is 1. The molecule has 1 atom stereocenters. The van der Waals surface area contributed by atoms with Gasteiger partial charge in [-0.1, -0.05) is 0 Å². The quantitative estimate of drug-likeness (QED) is 0.741. The molecule has 4 heteroatoms. The molecule has 1 unspecified atom stereocenters. The lowest BCUT2D eigenvalue weighted by molar-refractivity contribution is -0.133. The Kier molecular flexibility index (Phi) is 2.88. The van der Waals surface area contributed by atoms with Crippen LogP contribution in [0.2, 0.25) is 0 Å². The molecule has 16 heavy (non-hydrogen) atoms. The fourth-order valence-corrected chi connectivity index (χ4v) is 4.08.